The van der Waals surface area contributed by atoms with Gasteiger partial charge in [0.15, 0.2) is 6.10 Å². The highest BCUT2D eigenvalue weighted by Gasteiger charge is 2.14. The van der Waals surface area contributed by atoms with Crippen LogP contribution in [0.2, 0.25) is 0 Å². The van der Waals surface area contributed by atoms with Crippen molar-refractivity contribution in [3.63, 3.8) is 0 Å². The zero-order chi connectivity index (χ0) is 17.9. The number of nitrogens with zero attached hydrogens (tertiary/aromatic N) is 1. The van der Waals surface area contributed by atoms with E-state index in [2.05, 4.69) is 4.90 Å². The Morgan fingerprint density at radius 2 is 1.38 bits per heavy atom. The van der Waals surface area contributed by atoms with Crippen molar-refractivity contribution in [2.45, 2.75) is 18.6 Å². The van der Waals surface area contributed by atoms with E-state index < -0.39 is 12.1 Å². The largest absolute Gasteiger partial charge is 0.479 e. The van der Waals surface area contributed by atoms with E-state index in [-0.39, 0.29) is 6.10 Å². The zero-order valence-electron chi connectivity index (χ0n) is 14.0. The van der Waals surface area contributed by atoms with E-state index >= 15 is 0 Å². The van der Waals surface area contributed by atoms with Crippen molar-refractivity contribution in [1.29, 1.82) is 0 Å². The average Bonchev–Trinajstić information content (AvgIpc) is 2.61. The Hall–Kier alpha value is -2.21. The minimum absolute atomic E-state index is 0.330. The fraction of sp³-hybridized carbons (Fsp3) is 0.316. The fourth-order valence-electron chi connectivity index (χ4n) is 2.00. The number of benzene rings is 2. The van der Waals surface area contributed by atoms with Gasteiger partial charge in [0.2, 0.25) is 0 Å². The summed E-state index contributed by atoms with van der Waals surface area (Å²) in [5.41, 5.74) is 1.41. The van der Waals surface area contributed by atoms with Crippen molar-refractivity contribution < 1.29 is 20.1 Å². The van der Waals surface area contributed by atoms with Crippen LogP contribution in [0, 0.1) is 0 Å². The molecule has 0 amide bonds. The summed E-state index contributed by atoms with van der Waals surface area (Å²) in [5, 5.41) is 27.1. The van der Waals surface area contributed by atoms with Gasteiger partial charge < -0.3 is 20.2 Å². The number of aliphatic hydroxyl groups is 2. The molecule has 0 saturated carbocycles. The van der Waals surface area contributed by atoms with E-state index in [9.17, 15) is 9.90 Å². The summed E-state index contributed by atoms with van der Waals surface area (Å²) >= 11 is 0. The van der Waals surface area contributed by atoms with Crippen molar-refractivity contribution in [2.24, 2.45) is 0 Å². The minimum atomic E-state index is -1.41. The first kappa shape index (κ1) is 19.8. The maximum Gasteiger partial charge on any atom is 0.337 e. The van der Waals surface area contributed by atoms with E-state index in [1.807, 2.05) is 44.4 Å². The number of rotatable bonds is 6. The molecule has 5 nitrogen and oxygen atoms in total. The Morgan fingerprint density at radius 1 is 0.917 bits per heavy atom. The van der Waals surface area contributed by atoms with Gasteiger partial charge in [-0.1, -0.05) is 60.7 Å². The second-order valence-corrected chi connectivity index (χ2v) is 5.67. The van der Waals surface area contributed by atoms with E-state index in [4.69, 9.17) is 10.2 Å². The molecule has 1 unspecified atom stereocenters. The molecule has 0 aromatic heterocycles. The van der Waals surface area contributed by atoms with Gasteiger partial charge in [-0.25, -0.2) is 4.79 Å². The van der Waals surface area contributed by atoms with Gasteiger partial charge >= 0.3 is 5.97 Å². The van der Waals surface area contributed by atoms with Crippen molar-refractivity contribution in [3.8, 4) is 0 Å². The second-order valence-electron chi connectivity index (χ2n) is 5.67. The third-order valence-corrected chi connectivity index (χ3v) is 3.38. The second kappa shape index (κ2) is 10.5. The molecule has 0 saturated heterocycles. The molecule has 0 spiro atoms. The van der Waals surface area contributed by atoms with Crippen LogP contribution in [-0.2, 0) is 4.79 Å². The number of aliphatic carboxylic acids is 1. The van der Waals surface area contributed by atoms with Crippen molar-refractivity contribution in [1.82, 2.24) is 4.90 Å². The molecule has 0 aliphatic rings. The summed E-state index contributed by atoms with van der Waals surface area (Å²) in [6.07, 6.45) is -0.948. The number of hydrogen-bond donors (Lipinski definition) is 3. The van der Waals surface area contributed by atoms with Crippen molar-refractivity contribution in [3.05, 3.63) is 71.8 Å². The fourth-order valence-corrected chi connectivity index (χ4v) is 2.00. The van der Waals surface area contributed by atoms with Gasteiger partial charge in [0, 0.05) is 6.54 Å². The van der Waals surface area contributed by atoms with Gasteiger partial charge in [0.1, 0.15) is 0 Å². The van der Waals surface area contributed by atoms with Crippen LogP contribution in [0.4, 0.5) is 0 Å². The molecule has 3 N–H and O–H groups in total. The molecule has 5 heteroatoms. The van der Waals surface area contributed by atoms with Gasteiger partial charge in [-0.3, -0.25) is 0 Å². The predicted molar refractivity (Wildman–Crippen MR) is 93.6 cm³/mol. The Labute approximate surface area is 142 Å². The zero-order valence-corrected chi connectivity index (χ0v) is 14.0. The molecule has 0 bridgehead atoms. The standard InChI is InChI=1S/C11H17NO.C8H8O3/c1-12(2)9-8-11(13)10-6-4-3-5-7-10;9-7(8(10)11)6-4-2-1-3-5-6/h3-7,11,13H,8-9H2,1-2H3;1-5,7,9H,(H,10,11)/t;7-/m.1/s1. The molecule has 0 fully saturated rings. The lowest BCUT2D eigenvalue weighted by atomic mass is 10.1. The molecule has 0 aliphatic carbocycles. The molecular formula is C19H25NO4. The van der Waals surface area contributed by atoms with Crippen molar-refractivity contribution in [2.75, 3.05) is 20.6 Å². The van der Waals surface area contributed by atoms with Crippen LogP contribution in [0.3, 0.4) is 0 Å². The van der Waals surface area contributed by atoms with Gasteiger partial charge in [0.25, 0.3) is 0 Å². The first-order valence-corrected chi connectivity index (χ1v) is 7.75. The Balaban J connectivity index is 0.000000243. The third-order valence-electron chi connectivity index (χ3n) is 3.38. The lowest BCUT2D eigenvalue weighted by molar-refractivity contribution is -0.146. The first-order valence-electron chi connectivity index (χ1n) is 7.75. The summed E-state index contributed by atoms with van der Waals surface area (Å²) in [4.78, 5) is 12.3. The maximum atomic E-state index is 10.2. The summed E-state index contributed by atoms with van der Waals surface area (Å²) in [6, 6.07) is 18.0. The molecule has 24 heavy (non-hydrogen) atoms. The summed E-state index contributed by atoms with van der Waals surface area (Å²) < 4.78 is 0. The highest BCUT2D eigenvalue weighted by atomic mass is 16.4. The Morgan fingerprint density at radius 3 is 1.79 bits per heavy atom. The lowest BCUT2D eigenvalue weighted by Gasteiger charge is -2.14. The summed E-state index contributed by atoms with van der Waals surface area (Å²) in [7, 11) is 4.02. The van der Waals surface area contributed by atoms with E-state index in [1.54, 1.807) is 30.3 Å². The molecular weight excluding hydrogens is 306 g/mol. The summed E-state index contributed by atoms with van der Waals surface area (Å²) in [5.74, 6) is -1.23. The minimum Gasteiger partial charge on any atom is -0.479 e. The summed E-state index contributed by atoms with van der Waals surface area (Å²) in [6.45, 7) is 0.913. The predicted octanol–water partition coefficient (Wildman–Crippen LogP) is 2.48. The van der Waals surface area contributed by atoms with Crippen LogP contribution in [0.5, 0.6) is 0 Å². The topological polar surface area (TPSA) is 81.0 Å². The number of carbonyl (C=O) groups is 1. The van der Waals surface area contributed by atoms with E-state index in [0.29, 0.717) is 5.56 Å². The highest BCUT2D eigenvalue weighted by molar-refractivity contribution is 5.73. The van der Waals surface area contributed by atoms with Crippen LogP contribution >= 0.6 is 0 Å². The third kappa shape index (κ3) is 7.37. The molecule has 0 heterocycles. The Bertz CT molecular complexity index is 587. The van der Waals surface area contributed by atoms with Crippen LogP contribution in [-0.4, -0.2) is 46.8 Å². The van der Waals surface area contributed by atoms with Gasteiger partial charge in [-0.2, -0.15) is 0 Å². The van der Waals surface area contributed by atoms with Crippen LogP contribution in [0.25, 0.3) is 0 Å². The number of aliphatic hydroxyl groups excluding tert-OH is 2. The quantitative estimate of drug-likeness (QED) is 0.758. The molecule has 0 aliphatic heterocycles. The van der Waals surface area contributed by atoms with Gasteiger partial charge in [-0.05, 0) is 31.6 Å². The normalized spacial score (nSPS) is 12.9. The molecule has 2 atom stereocenters. The molecule has 2 aromatic carbocycles. The number of hydrogen-bond acceptors (Lipinski definition) is 4. The van der Waals surface area contributed by atoms with Crippen LogP contribution in [0.1, 0.15) is 29.8 Å². The van der Waals surface area contributed by atoms with Crippen LogP contribution < -0.4 is 0 Å². The molecule has 130 valence electrons. The first-order chi connectivity index (χ1) is 11.4. The SMILES string of the molecule is CN(C)CCC(O)c1ccccc1.O=C(O)[C@H](O)c1ccccc1. The number of carboxylic acid groups (broad SMARTS) is 1. The average molecular weight is 331 g/mol. The van der Waals surface area contributed by atoms with E-state index in [1.165, 1.54) is 0 Å². The molecule has 2 aromatic rings. The number of carboxylic acids is 1. The van der Waals surface area contributed by atoms with Gasteiger partial charge in [0.05, 0.1) is 6.10 Å². The highest BCUT2D eigenvalue weighted by Crippen LogP contribution is 2.15. The maximum absolute atomic E-state index is 10.2. The van der Waals surface area contributed by atoms with E-state index in [0.717, 1.165) is 18.5 Å². The monoisotopic (exact) mass is 331 g/mol. The smallest absolute Gasteiger partial charge is 0.337 e. The molecule has 0 radical (unpaired) electrons. The van der Waals surface area contributed by atoms with Gasteiger partial charge in [-0.15, -0.1) is 0 Å². The lowest BCUT2D eigenvalue weighted by Crippen LogP contribution is -2.15. The van der Waals surface area contributed by atoms with Crippen molar-refractivity contribution >= 4 is 5.97 Å². The molecule has 2 rings (SSSR count). The van der Waals surface area contributed by atoms with Crippen LogP contribution in [0.15, 0.2) is 60.7 Å². The Kier molecular flexibility index (Phi) is 8.71.